The van der Waals surface area contributed by atoms with Crippen LogP contribution in [-0.2, 0) is 9.47 Å². The zero-order valence-electron chi connectivity index (χ0n) is 9.18. The van der Waals surface area contributed by atoms with Gasteiger partial charge in [-0.05, 0) is 6.07 Å². The molecule has 0 aliphatic rings. The van der Waals surface area contributed by atoms with Crippen LogP contribution in [0.2, 0.25) is 0 Å². The highest BCUT2D eigenvalue weighted by Gasteiger charge is 2.05. The number of nitrogens with zero attached hydrogens (tertiary/aromatic N) is 2. The number of aromatic nitrogens is 2. The summed E-state index contributed by atoms with van der Waals surface area (Å²) in [5.41, 5.74) is 0. The standard InChI is InChI=1S/C10H15N3O3/c1-15-7-8-16-6-5-13-10(14)9-11-3-2-4-12-9/h2-4H,5-8H2,1H3,(H,13,14). The average molecular weight is 225 g/mol. The van der Waals surface area contributed by atoms with Crippen molar-refractivity contribution in [1.29, 1.82) is 0 Å². The number of methoxy groups -OCH3 is 1. The molecule has 0 spiro atoms. The molecule has 0 unspecified atom stereocenters. The molecule has 1 aromatic heterocycles. The molecule has 1 N–H and O–H groups in total. The van der Waals surface area contributed by atoms with Gasteiger partial charge in [-0.1, -0.05) is 0 Å². The van der Waals surface area contributed by atoms with Crippen molar-refractivity contribution in [2.24, 2.45) is 0 Å². The van der Waals surface area contributed by atoms with Gasteiger partial charge in [0, 0.05) is 26.0 Å². The smallest absolute Gasteiger partial charge is 0.289 e. The van der Waals surface area contributed by atoms with Gasteiger partial charge in [-0.25, -0.2) is 9.97 Å². The van der Waals surface area contributed by atoms with Crippen LogP contribution in [0.5, 0.6) is 0 Å². The first-order valence-electron chi connectivity index (χ1n) is 4.96. The molecule has 0 saturated heterocycles. The Labute approximate surface area is 94.0 Å². The minimum Gasteiger partial charge on any atom is -0.382 e. The van der Waals surface area contributed by atoms with E-state index in [-0.39, 0.29) is 11.7 Å². The second-order valence-corrected chi connectivity index (χ2v) is 2.93. The van der Waals surface area contributed by atoms with Crippen molar-refractivity contribution < 1.29 is 14.3 Å². The van der Waals surface area contributed by atoms with E-state index in [1.165, 1.54) is 12.4 Å². The molecule has 0 saturated carbocycles. The van der Waals surface area contributed by atoms with E-state index in [1.54, 1.807) is 13.2 Å². The van der Waals surface area contributed by atoms with Crippen LogP contribution < -0.4 is 5.32 Å². The maximum Gasteiger partial charge on any atom is 0.289 e. The van der Waals surface area contributed by atoms with Crippen LogP contribution in [0.3, 0.4) is 0 Å². The van der Waals surface area contributed by atoms with Gasteiger partial charge in [0.05, 0.1) is 19.8 Å². The monoisotopic (exact) mass is 225 g/mol. The summed E-state index contributed by atoms with van der Waals surface area (Å²) in [6.45, 7) is 1.95. The van der Waals surface area contributed by atoms with Crippen LogP contribution in [-0.4, -0.2) is 49.4 Å². The Morgan fingerprint density at radius 3 is 2.75 bits per heavy atom. The fourth-order valence-electron chi connectivity index (χ4n) is 0.976. The summed E-state index contributed by atoms with van der Waals surface area (Å²) in [7, 11) is 1.61. The molecule has 88 valence electrons. The van der Waals surface area contributed by atoms with E-state index in [9.17, 15) is 4.79 Å². The molecule has 0 bridgehead atoms. The van der Waals surface area contributed by atoms with Gasteiger partial charge in [0.25, 0.3) is 5.91 Å². The van der Waals surface area contributed by atoms with E-state index in [0.717, 1.165) is 0 Å². The third-order valence-corrected chi connectivity index (χ3v) is 1.73. The quantitative estimate of drug-likeness (QED) is 0.654. The molecule has 1 amide bonds. The summed E-state index contributed by atoms with van der Waals surface area (Å²) in [5, 5.41) is 2.65. The van der Waals surface area contributed by atoms with Crippen molar-refractivity contribution in [3.05, 3.63) is 24.3 Å². The van der Waals surface area contributed by atoms with Crippen molar-refractivity contribution >= 4 is 5.91 Å². The maximum atomic E-state index is 11.4. The molecule has 0 aliphatic heterocycles. The van der Waals surface area contributed by atoms with Crippen LogP contribution in [0.1, 0.15) is 10.6 Å². The highest BCUT2D eigenvalue weighted by Crippen LogP contribution is 1.86. The summed E-state index contributed by atoms with van der Waals surface area (Å²) < 4.78 is 9.99. The zero-order valence-corrected chi connectivity index (χ0v) is 9.18. The SMILES string of the molecule is COCCOCCNC(=O)c1ncccn1. The third kappa shape index (κ3) is 4.81. The predicted octanol–water partition coefficient (Wildman–Crippen LogP) is -0.131. The van der Waals surface area contributed by atoms with Crippen LogP contribution >= 0.6 is 0 Å². The van der Waals surface area contributed by atoms with Gasteiger partial charge >= 0.3 is 0 Å². The first-order chi connectivity index (χ1) is 7.84. The molecule has 0 aromatic carbocycles. The van der Waals surface area contributed by atoms with E-state index in [4.69, 9.17) is 9.47 Å². The number of carbonyl (C=O) groups excluding carboxylic acids is 1. The second kappa shape index (κ2) is 7.72. The predicted molar refractivity (Wildman–Crippen MR) is 57.1 cm³/mol. The molecule has 0 aliphatic carbocycles. The van der Waals surface area contributed by atoms with E-state index in [1.807, 2.05) is 0 Å². The first-order valence-corrected chi connectivity index (χ1v) is 4.96. The van der Waals surface area contributed by atoms with Crippen molar-refractivity contribution in [3.8, 4) is 0 Å². The summed E-state index contributed by atoms with van der Waals surface area (Å²) in [5.74, 6) is -0.129. The fourth-order valence-corrected chi connectivity index (χ4v) is 0.976. The molecule has 0 atom stereocenters. The second-order valence-electron chi connectivity index (χ2n) is 2.93. The normalized spacial score (nSPS) is 10.1. The lowest BCUT2D eigenvalue weighted by Crippen LogP contribution is -2.29. The molecule has 6 heteroatoms. The Bertz CT molecular complexity index is 305. The summed E-state index contributed by atoms with van der Waals surface area (Å²) in [6, 6.07) is 1.66. The van der Waals surface area contributed by atoms with Gasteiger partial charge in [0.2, 0.25) is 5.82 Å². The molecule has 1 rings (SSSR count). The Morgan fingerprint density at radius 1 is 1.31 bits per heavy atom. The van der Waals surface area contributed by atoms with E-state index >= 15 is 0 Å². The molecule has 0 radical (unpaired) electrons. The molecule has 1 aromatic rings. The summed E-state index contributed by atoms with van der Waals surface area (Å²) in [6.07, 6.45) is 3.05. The highest BCUT2D eigenvalue weighted by molar-refractivity contribution is 5.90. The summed E-state index contributed by atoms with van der Waals surface area (Å²) in [4.78, 5) is 19.1. The van der Waals surface area contributed by atoms with Crippen LogP contribution in [0, 0.1) is 0 Å². The van der Waals surface area contributed by atoms with Gasteiger partial charge in [0.15, 0.2) is 0 Å². The largest absolute Gasteiger partial charge is 0.382 e. The van der Waals surface area contributed by atoms with Crippen molar-refractivity contribution in [1.82, 2.24) is 15.3 Å². The Hall–Kier alpha value is -1.53. The molecule has 6 nitrogen and oxygen atoms in total. The first kappa shape index (κ1) is 12.5. The number of nitrogens with one attached hydrogen (secondary N) is 1. The highest BCUT2D eigenvalue weighted by atomic mass is 16.5. The number of carbonyl (C=O) groups is 1. The van der Waals surface area contributed by atoms with Gasteiger partial charge in [-0.3, -0.25) is 4.79 Å². The number of hydrogen-bond acceptors (Lipinski definition) is 5. The van der Waals surface area contributed by atoms with Crippen LogP contribution in [0.4, 0.5) is 0 Å². The number of amides is 1. The Balaban J connectivity index is 2.12. The lowest BCUT2D eigenvalue weighted by molar-refractivity contribution is 0.0690. The summed E-state index contributed by atoms with van der Waals surface area (Å²) >= 11 is 0. The van der Waals surface area contributed by atoms with Crippen LogP contribution in [0.15, 0.2) is 18.5 Å². The van der Waals surface area contributed by atoms with Gasteiger partial charge in [0.1, 0.15) is 0 Å². The topological polar surface area (TPSA) is 73.3 Å². The average Bonchev–Trinajstić information content (AvgIpc) is 2.34. The molecule has 0 fully saturated rings. The Kier molecular flexibility index (Phi) is 6.05. The van der Waals surface area contributed by atoms with Crippen molar-refractivity contribution in [2.45, 2.75) is 0 Å². The van der Waals surface area contributed by atoms with E-state index in [0.29, 0.717) is 26.4 Å². The minimum absolute atomic E-state index is 0.166. The lowest BCUT2D eigenvalue weighted by Gasteiger charge is -2.04. The molecule has 1 heterocycles. The zero-order chi connectivity index (χ0) is 11.6. The number of rotatable bonds is 7. The van der Waals surface area contributed by atoms with Crippen molar-refractivity contribution in [2.75, 3.05) is 33.5 Å². The van der Waals surface area contributed by atoms with Crippen LogP contribution in [0.25, 0.3) is 0 Å². The molecular formula is C10H15N3O3. The lowest BCUT2D eigenvalue weighted by atomic mass is 10.5. The molecular weight excluding hydrogens is 210 g/mol. The maximum absolute atomic E-state index is 11.4. The van der Waals surface area contributed by atoms with Gasteiger partial charge in [-0.2, -0.15) is 0 Å². The van der Waals surface area contributed by atoms with E-state index < -0.39 is 0 Å². The number of hydrogen-bond donors (Lipinski definition) is 1. The minimum atomic E-state index is -0.295. The Morgan fingerprint density at radius 2 is 2.06 bits per heavy atom. The van der Waals surface area contributed by atoms with Gasteiger partial charge in [-0.15, -0.1) is 0 Å². The van der Waals surface area contributed by atoms with Gasteiger partial charge < -0.3 is 14.8 Å². The van der Waals surface area contributed by atoms with E-state index in [2.05, 4.69) is 15.3 Å². The fraction of sp³-hybridized carbons (Fsp3) is 0.500. The third-order valence-electron chi connectivity index (χ3n) is 1.73. The molecule has 16 heavy (non-hydrogen) atoms. The number of ether oxygens (including phenoxy) is 2. The van der Waals surface area contributed by atoms with Crippen molar-refractivity contribution in [3.63, 3.8) is 0 Å².